The van der Waals surface area contributed by atoms with Crippen molar-refractivity contribution in [2.75, 3.05) is 20.1 Å². The second kappa shape index (κ2) is 8.05. The molecule has 0 saturated heterocycles. The second-order valence-corrected chi connectivity index (χ2v) is 9.03. The third kappa shape index (κ3) is 3.47. The van der Waals surface area contributed by atoms with Gasteiger partial charge in [-0.1, -0.05) is 17.7 Å². The highest BCUT2D eigenvalue weighted by atomic mass is 16.3. The predicted octanol–water partition coefficient (Wildman–Crippen LogP) is 6.29. The molecule has 2 aromatic carbocycles. The van der Waals surface area contributed by atoms with Crippen LogP contribution in [0.25, 0.3) is 39.0 Å². The molecule has 1 aliphatic heterocycles. The van der Waals surface area contributed by atoms with Crippen LogP contribution in [-0.4, -0.2) is 34.6 Å². The number of aromatic nitrogens is 2. The molecule has 33 heavy (non-hydrogen) atoms. The van der Waals surface area contributed by atoms with Crippen molar-refractivity contribution in [3.63, 3.8) is 0 Å². The summed E-state index contributed by atoms with van der Waals surface area (Å²) < 4.78 is 8.42. The summed E-state index contributed by atoms with van der Waals surface area (Å²) in [6.07, 6.45) is 7.54. The lowest BCUT2D eigenvalue weighted by atomic mass is 10.0. The zero-order valence-electron chi connectivity index (χ0n) is 19.1. The molecule has 0 fully saturated rings. The summed E-state index contributed by atoms with van der Waals surface area (Å²) in [5.74, 6) is 0.884. The van der Waals surface area contributed by atoms with Gasteiger partial charge in [0.15, 0.2) is 0 Å². The Labute approximate surface area is 194 Å². The van der Waals surface area contributed by atoms with Crippen LogP contribution in [0.15, 0.2) is 83.7 Å². The van der Waals surface area contributed by atoms with Crippen molar-refractivity contribution in [1.82, 2.24) is 14.5 Å². The first-order valence-electron chi connectivity index (χ1n) is 11.6. The fourth-order valence-corrected chi connectivity index (χ4v) is 5.13. The molecule has 0 spiro atoms. The number of benzene rings is 2. The molecule has 5 aromatic rings. The highest BCUT2D eigenvalue weighted by Gasteiger charge is 2.23. The fraction of sp³-hybridized carbons (Fsp3) is 0.207. The topological polar surface area (TPSA) is 34.2 Å². The van der Waals surface area contributed by atoms with E-state index in [1.165, 1.54) is 33.4 Å². The summed E-state index contributed by atoms with van der Waals surface area (Å²) in [6, 6.07) is 21.7. The van der Waals surface area contributed by atoms with E-state index in [9.17, 15) is 0 Å². The number of rotatable bonds is 3. The van der Waals surface area contributed by atoms with E-state index < -0.39 is 0 Å². The molecule has 6 rings (SSSR count). The summed E-state index contributed by atoms with van der Waals surface area (Å²) in [7, 11) is 2.22. The Kier molecular flexibility index (Phi) is 4.88. The number of aryl methyl sites for hydroxylation is 1. The van der Waals surface area contributed by atoms with E-state index >= 15 is 0 Å². The Morgan fingerprint density at radius 1 is 0.879 bits per heavy atom. The van der Waals surface area contributed by atoms with Crippen molar-refractivity contribution in [2.24, 2.45) is 0 Å². The first-order chi connectivity index (χ1) is 16.2. The van der Waals surface area contributed by atoms with Gasteiger partial charge < -0.3 is 13.9 Å². The summed E-state index contributed by atoms with van der Waals surface area (Å²) in [6.45, 7) is 4.34. The summed E-state index contributed by atoms with van der Waals surface area (Å²) in [4.78, 5) is 6.62. The molecule has 0 radical (unpaired) electrons. The van der Waals surface area contributed by atoms with Crippen molar-refractivity contribution in [2.45, 2.75) is 19.8 Å². The number of hydrogen-bond donors (Lipinski definition) is 0. The second-order valence-electron chi connectivity index (χ2n) is 9.03. The standard InChI is InChI=1S/C29H27N3O/c1-20-5-7-26-24(18-20)23-11-15-31(2)16-12-28(23)32(26)27-8-6-22(21-9-13-30-14-10-21)19-25(27)29-4-3-17-33-29/h3-10,13-14,17-19H,11-12,15-16H2,1-2H3. The largest absolute Gasteiger partial charge is 0.464 e. The lowest BCUT2D eigenvalue weighted by Gasteiger charge is -2.17. The van der Waals surface area contributed by atoms with Gasteiger partial charge in [0.25, 0.3) is 0 Å². The van der Waals surface area contributed by atoms with E-state index in [-0.39, 0.29) is 0 Å². The number of hydrogen-bond acceptors (Lipinski definition) is 3. The van der Waals surface area contributed by atoms with Gasteiger partial charge in [-0.2, -0.15) is 0 Å². The minimum absolute atomic E-state index is 0.884. The highest BCUT2D eigenvalue weighted by Crippen LogP contribution is 2.38. The van der Waals surface area contributed by atoms with Crippen molar-refractivity contribution in [1.29, 1.82) is 0 Å². The van der Waals surface area contributed by atoms with E-state index in [1.54, 1.807) is 6.26 Å². The Balaban J connectivity index is 1.63. The molecule has 0 atom stereocenters. The lowest BCUT2D eigenvalue weighted by molar-refractivity contribution is 0.351. The molecule has 4 nitrogen and oxygen atoms in total. The van der Waals surface area contributed by atoms with Crippen LogP contribution in [0.1, 0.15) is 16.8 Å². The number of pyridine rings is 1. The fourth-order valence-electron chi connectivity index (χ4n) is 5.13. The van der Waals surface area contributed by atoms with Gasteiger partial charge in [-0.3, -0.25) is 4.98 Å². The maximum absolute atomic E-state index is 5.93. The molecule has 0 amide bonds. The van der Waals surface area contributed by atoms with Crippen LogP contribution < -0.4 is 0 Å². The van der Waals surface area contributed by atoms with Gasteiger partial charge in [-0.05, 0) is 85.6 Å². The lowest BCUT2D eigenvalue weighted by Crippen LogP contribution is -2.21. The Bertz CT molecular complexity index is 1430. The maximum atomic E-state index is 5.93. The number of fused-ring (bicyclic) bond motifs is 3. The average molecular weight is 434 g/mol. The molecular formula is C29H27N3O. The van der Waals surface area contributed by atoms with Crippen LogP contribution in [0.3, 0.4) is 0 Å². The van der Waals surface area contributed by atoms with Crippen LogP contribution >= 0.6 is 0 Å². The van der Waals surface area contributed by atoms with Crippen LogP contribution in [0.2, 0.25) is 0 Å². The van der Waals surface area contributed by atoms with Gasteiger partial charge in [0.2, 0.25) is 0 Å². The third-order valence-electron chi connectivity index (χ3n) is 6.85. The normalized spacial score (nSPS) is 14.4. The minimum atomic E-state index is 0.884. The van der Waals surface area contributed by atoms with E-state index in [4.69, 9.17) is 4.42 Å². The first kappa shape index (κ1) is 20.0. The highest BCUT2D eigenvalue weighted by molar-refractivity contribution is 5.90. The van der Waals surface area contributed by atoms with Crippen molar-refractivity contribution in [3.8, 4) is 28.1 Å². The van der Waals surface area contributed by atoms with Gasteiger partial charge in [-0.25, -0.2) is 0 Å². The van der Waals surface area contributed by atoms with Crippen molar-refractivity contribution >= 4 is 10.9 Å². The molecule has 4 heteroatoms. The van der Waals surface area contributed by atoms with Crippen molar-refractivity contribution in [3.05, 3.63) is 96.1 Å². The van der Waals surface area contributed by atoms with Gasteiger partial charge in [0.05, 0.1) is 17.5 Å². The predicted molar refractivity (Wildman–Crippen MR) is 134 cm³/mol. The van der Waals surface area contributed by atoms with Crippen LogP contribution in [0.5, 0.6) is 0 Å². The molecule has 1 aliphatic rings. The average Bonchev–Trinajstić information content (AvgIpc) is 3.43. The monoisotopic (exact) mass is 433 g/mol. The minimum Gasteiger partial charge on any atom is -0.464 e. The van der Waals surface area contributed by atoms with Gasteiger partial charge >= 0.3 is 0 Å². The Hall–Kier alpha value is -3.63. The zero-order chi connectivity index (χ0) is 22.4. The molecule has 0 saturated carbocycles. The third-order valence-corrected chi connectivity index (χ3v) is 6.85. The molecule has 0 unspecified atom stereocenters. The van der Waals surface area contributed by atoms with E-state index in [1.807, 2.05) is 18.5 Å². The van der Waals surface area contributed by atoms with Gasteiger partial charge in [-0.15, -0.1) is 0 Å². The van der Waals surface area contributed by atoms with Crippen LogP contribution in [0, 0.1) is 6.92 Å². The number of furan rings is 1. The molecule has 4 heterocycles. The smallest absolute Gasteiger partial charge is 0.135 e. The van der Waals surface area contributed by atoms with Crippen molar-refractivity contribution < 1.29 is 4.42 Å². The van der Waals surface area contributed by atoms with E-state index in [0.29, 0.717) is 0 Å². The van der Waals surface area contributed by atoms with Crippen LogP contribution in [0.4, 0.5) is 0 Å². The SMILES string of the molecule is Cc1ccc2c(c1)c1c(n2-c2ccc(-c3ccncc3)cc2-c2ccco2)CCN(C)CC1. The first-order valence-corrected chi connectivity index (χ1v) is 11.6. The van der Waals surface area contributed by atoms with E-state index in [0.717, 1.165) is 48.4 Å². The Morgan fingerprint density at radius 3 is 2.55 bits per heavy atom. The van der Waals surface area contributed by atoms with E-state index in [2.05, 4.69) is 83.0 Å². The van der Waals surface area contributed by atoms with Crippen LogP contribution in [-0.2, 0) is 12.8 Å². The molecular weight excluding hydrogens is 406 g/mol. The Morgan fingerprint density at radius 2 is 1.73 bits per heavy atom. The molecule has 0 aliphatic carbocycles. The maximum Gasteiger partial charge on any atom is 0.135 e. The van der Waals surface area contributed by atoms with Gasteiger partial charge in [0, 0.05) is 48.5 Å². The summed E-state index contributed by atoms with van der Waals surface area (Å²) in [5, 5.41) is 1.38. The molecule has 0 bridgehead atoms. The zero-order valence-corrected chi connectivity index (χ0v) is 19.1. The summed E-state index contributed by atoms with van der Waals surface area (Å²) >= 11 is 0. The number of nitrogens with zero attached hydrogens (tertiary/aromatic N) is 3. The van der Waals surface area contributed by atoms with Gasteiger partial charge in [0.1, 0.15) is 5.76 Å². The molecule has 164 valence electrons. The quantitative estimate of drug-likeness (QED) is 0.335. The number of likely N-dealkylation sites (N-methyl/N-ethyl adjacent to an activating group) is 1. The molecule has 0 N–H and O–H groups in total. The summed E-state index contributed by atoms with van der Waals surface area (Å²) in [5.41, 5.74) is 10.1. The molecule has 3 aromatic heterocycles.